The maximum absolute atomic E-state index is 12.6. The van der Waals surface area contributed by atoms with Crippen molar-refractivity contribution >= 4 is 23.4 Å². The van der Waals surface area contributed by atoms with Gasteiger partial charge in [-0.25, -0.2) is 0 Å². The number of nitrogens with one attached hydrogen (secondary N) is 1. The quantitative estimate of drug-likeness (QED) is 0.323. The second-order valence-corrected chi connectivity index (χ2v) is 10.4. The lowest BCUT2D eigenvalue weighted by molar-refractivity contribution is -0.113. The van der Waals surface area contributed by atoms with Gasteiger partial charge < -0.3 is 5.32 Å². The molecule has 0 radical (unpaired) electrons. The van der Waals surface area contributed by atoms with Gasteiger partial charge in [0.25, 0.3) is 0 Å². The summed E-state index contributed by atoms with van der Waals surface area (Å²) in [5.41, 5.74) is 6.34. The van der Waals surface area contributed by atoms with Crippen LogP contribution in [0.2, 0.25) is 0 Å². The van der Waals surface area contributed by atoms with Gasteiger partial charge in [0.05, 0.1) is 11.4 Å². The zero-order valence-electron chi connectivity index (χ0n) is 20.3. The molecular formula is C28H30N4OS. The number of hydrogen-bond donors (Lipinski definition) is 1. The first-order valence-corrected chi connectivity index (χ1v) is 12.3. The topological polar surface area (TPSA) is 59.8 Å². The van der Waals surface area contributed by atoms with Crippen molar-refractivity contribution in [3.8, 4) is 17.1 Å². The lowest BCUT2D eigenvalue weighted by Gasteiger charge is -2.19. The zero-order valence-corrected chi connectivity index (χ0v) is 21.1. The fraction of sp³-hybridized carbons (Fsp3) is 0.250. The molecule has 5 nitrogen and oxygen atoms in total. The molecule has 34 heavy (non-hydrogen) atoms. The molecule has 1 amide bonds. The molecule has 0 atom stereocenters. The highest BCUT2D eigenvalue weighted by Gasteiger charge is 2.20. The van der Waals surface area contributed by atoms with Crippen LogP contribution in [0.15, 0.2) is 78.0 Å². The van der Waals surface area contributed by atoms with Gasteiger partial charge in [-0.1, -0.05) is 87.1 Å². The first-order chi connectivity index (χ1) is 16.2. The maximum Gasteiger partial charge on any atom is 0.234 e. The minimum absolute atomic E-state index is 0.0773. The highest BCUT2D eigenvalue weighted by atomic mass is 32.2. The van der Waals surface area contributed by atoms with Gasteiger partial charge in [0.15, 0.2) is 11.0 Å². The van der Waals surface area contributed by atoms with Gasteiger partial charge in [0.2, 0.25) is 5.91 Å². The van der Waals surface area contributed by atoms with Gasteiger partial charge in [0.1, 0.15) is 0 Å². The monoisotopic (exact) mass is 470 g/mol. The molecule has 0 fully saturated rings. The van der Waals surface area contributed by atoms with E-state index in [1.165, 1.54) is 17.3 Å². The van der Waals surface area contributed by atoms with E-state index in [0.29, 0.717) is 5.16 Å². The van der Waals surface area contributed by atoms with Crippen LogP contribution in [0.25, 0.3) is 17.1 Å². The Bertz CT molecular complexity index is 1300. The van der Waals surface area contributed by atoms with Crippen molar-refractivity contribution in [2.45, 2.75) is 45.2 Å². The lowest BCUT2D eigenvalue weighted by atomic mass is 9.87. The summed E-state index contributed by atoms with van der Waals surface area (Å²) in [5, 5.41) is 12.6. The van der Waals surface area contributed by atoms with Crippen molar-refractivity contribution in [1.29, 1.82) is 0 Å². The number of carbonyl (C=O) groups is 1. The Morgan fingerprint density at radius 1 is 0.941 bits per heavy atom. The van der Waals surface area contributed by atoms with Crippen molar-refractivity contribution in [3.63, 3.8) is 0 Å². The van der Waals surface area contributed by atoms with Gasteiger partial charge in [0, 0.05) is 11.3 Å². The largest absolute Gasteiger partial charge is 0.325 e. The molecule has 0 aliphatic rings. The van der Waals surface area contributed by atoms with E-state index in [-0.39, 0.29) is 17.1 Å². The van der Waals surface area contributed by atoms with E-state index in [4.69, 9.17) is 0 Å². The molecule has 1 N–H and O–H groups in total. The summed E-state index contributed by atoms with van der Waals surface area (Å²) in [5.74, 6) is 0.920. The lowest BCUT2D eigenvalue weighted by Crippen LogP contribution is -2.14. The molecule has 4 aromatic rings. The Labute approximate surface area is 205 Å². The number of carbonyl (C=O) groups excluding carboxylic acids is 1. The van der Waals surface area contributed by atoms with Crippen molar-refractivity contribution < 1.29 is 4.79 Å². The second-order valence-electron chi connectivity index (χ2n) is 9.46. The summed E-state index contributed by atoms with van der Waals surface area (Å²) in [6.45, 7) is 10.7. The Morgan fingerprint density at radius 3 is 2.35 bits per heavy atom. The van der Waals surface area contributed by atoms with Gasteiger partial charge in [-0.3, -0.25) is 9.36 Å². The predicted molar refractivity (Wildman–Crippen MR) is 141 cm³/mol. The van der Waals surface area contributed by atoms with E-state index in [0.717, 1.165) is 33.9 Å². The number of hydrogen-bond acceptors (Lipinski definition) is 4. The number of rotatable bonds is 6. The molecular weight excluding hydrogens is 440 g/mol. The van der Waals surface area contributed by atoms with Gasteiger partial charge in [-0.05, 0) is 54.2 Å². The van der Waals surface area contributed by atoms with Crippen LogP contribution in [-0.2, 0) is 10.2 Å². The van der Waals surface area contributed by atoms with Crippen molar-refractivity contribution in [1.82, 2.24) is 14.8 Å². The van der Waals surface area contributed by atoms with Crippen molar-refractivity contribution in [3.05, 3.63) is 89.5 Å². The van der Waals surface area contributed by atoms with E-state index in [9.17, 15) is 4.79 Å². The molecule has 174 valence electrons. The molecule has 0 saturated heterocycles. The third-order valence-corrected chi connectivity index (χ3v) is 6.56. The summed E-state index contributed by atoms with van der Waals surface area (Å²) in [6.07, 6.45) is 0. The van der Waals surface area contributed by atoms with Crippen LogP contribution in [0.4, 0.5) is 5.69 Å². The molecule has 0 saturated carbocycles. The molecule has 1 aromatic heterocycles. The molecule has 0 aliphatic carbocycles. The van der Waals surface area contributed by atoms with Gasteiger partial charge >= 0.3 is 0 Å². The normalized spacial score (nSPS) is 11.4. The van der Waals surface area contributed by atoms with Crippen LogP contribution in [0.3, 0.4) is 0 Å². The Balaban J connectivity index is 1.63. The van der Waals surface area contributed by atoms with E-state index in [2.05, 4.69) is 79.6 Å². The minimum Gasteiger partial charge on any atom is -0.325 e. The van der Waals surface area contributed by atoms with Crippen LogP contribution < -0.4 is 5.32 Å². The third-order valence-electron chi connectivity index (χ3n) is 5.63. The Kier molecular flexibility index (Phi) is 6.89. The summed E-state index contributed by atoms with van der Waals surface area (Å²) in [6, 6.07) is 24.4. The highest BCUT2D eigenvalue weighted by Crippen LogP contribution is 2.31. The third kappa shape index (κ3) is 5.39. The number of aromatic nitrogens is 3. The molecule has 0 bridgehead atoms. The smallest absolute Gasteiger partial charge is 0.234 e. The fourth-order valence-electron chi connectivity index (χ4n) is 3.75. The van der Waals surface area contributed by atoms with Crippen LogP contribution >= 0.6 is 11.8 Å². The fourth-order valence-corrected chi connectivity index (χ4v) is 4.50. The number of anilines is 1. The molecule has 6 heteroatoms. The van der Waals surface area contributed by atoms with Crippen LogP contribution in [-0.4, -0.2) is 26.4 Å². The summed E-state index contributed by atoms with van der Waals surface area (Å²) < 4.78 is 2.05. The zero-order chi connectivity index (χ0) is 24.3. The number of amides is 1. The number of nitrogens with zero attached hydrogens (tertiary/aromatic N) is 3. The molecule has 0 aliphatic heterocycles. The molecule has 3 aromatic carbocycles. The van der Waals surface area contributed by atoms with E-state index in [1.54, 1.807) is 0 Å². The number of thioether (sulfide) groups is 1. The molecule has 1 heterocycles. The molecule has 0 spiro atoms. The summed E-state index contributed by atoms with van der Waals surface area (Å²) in [7, 11) is 0. The average Bonchev–Trinajstić information content (AvgIpc) is 3.21. The Morgan fingerprint density at radius 2 is 1.68 bits per heavy atom. The van der Waals surface area contributed by atoms with Crippen LogP contribution in [0.5, 0.6) is 0 Å². The van der Waals surface area contributed by atoms with Crippen LogP contribution in [0, 0.1) is 13.8 Å². The standard InChI is InChI=1S/C28H30N4OS/c1-19-9-8-11-23(17-19)29-25(33)18-34-27-31-30-26(32(27)24-12-7-6-10-20(24)2)21-13-15-22(16-14-21)28(3,4)5/h6-17H,18H2,1-5H3,(H,29,33). The first kappa shape index (κ1) is 23.8. The number of para-hydroxylation sites is 1. The molecule has 4 rings (SSSR count). The summed E-state index contributed by atoms with van der Waals surface area (Å²) >= 11 is 1.38. The van der Waals surface area contributed by atoms with E-state index < -0.39 is 0 Å². The number of aryl methyl sites for hydroxylation is 2. The maximum atomic E-state index is 12.6. The van der Waals surface area contributed by atoms with Crippen molar-refractivity contribution in [2.75, 3.05) is 11.1 Å². The predicted octanol–water partition coefficient (Wildman–Crippen LogP) is 6.58. The van der Waals surface area contributed by atoms with Crippen LogP contribution in [0.1, 0.15) is 37.5 Å². The summed E-state index contributed by atoms with van der Waals surface area (Å²) in [4.78, 5) is 12.6. The van der Waals surface area contributed by atoms with Crippen molar-refractivity contribution in [2.24, 2.45) is 0 Å². The Hall–Kier alpha value is -3.38. The van der Waals surface area contributed by atoms with E-state index >= 15 is 0 Å². The minimum atomic E-state index is -0.0778. The van der Waals surface area contributed by atoms with E-state index in [1.807, 2.05) is 47.9 Å². The van der Waals surface area contributed by atoms with Gasteiger partial charge in [-0.15, -0.1) is 10.2 Å². The highest BCUT2D eigenvalue weighted by molar-refractivity contribution is 7.99. The first-order valence-electron chi connectivity index (χ1n) is 11.3. The number of benzene rings is 3. The second kappa shape index (κ2) is 9.85. The average molecular weight is 471 g/mol. The molecule has 0 unspecified atom stereocenters. The SMILES string of the molecule is Cc1cccc(NC(=O)CSc2nnc(-c3ccc(C(C)(C)C)cc3)n2-c2ccccc2C)c1. The van der Waals surface area contributed by atoms with Gasteiger partial charge in [-0.2, -0.15) is 0 Å².